The number of anilines is 2. The Hall–Kier alpha value is -2.62. The molecule has 2 amide bonds. The third-order valence-corrected chi connectivity index (χ3v) is 6.73. The maximum absolute atomic E-state index is 12.6. The van der Waals surface area contributed by atoms with E-state index in [1.807, 2.05) is 6.92 Å². The smallest absolute Gasteiger partial charge is 0.240 e. The fourth-order valence-corrected chi connectivity index (χ4v) is 4.59. The predicted octanol–water partition coefficient (Wildman–Crippen LogP) is 3.90. The Bertz CT molecular complexity index is 1090. The van der Waals surface area contributed by atoms with Gasteiger partial charge in [0, 0.05) is 24.9 Å². The number of phenolic OH excluding ortho intramolecular Hbond substituents is 1. The molecule has 0 aliphatic rings. The summed E-state index contributed by atoms with van der Waals surface area (Å²) < 4.78 is 27.8. The summed E-state index contributed by atoms with van der Waals surface area (Å²) in [7, 11) is -3.71. The molecule has 2 atom stereocenters. The van der Waals surface area contributed by atoms with Gasteiger partial charge >= 0.3 is 0 Å². The number of carbonyl (C=O) groups excluding carboxylic acids is 2. The van der Waals surface area contributed by atoms with E-state index >= 15 is 0 Å². The first-order valence-corrected chi connectivity index (χ1v) is 12.0. The van der Waals surface area contributed by atoms with Crippen LogP contribution in [0.2, 0.25) is 5.02 Å². The zero-order valence-electron chi connectivity index (χ0n) is 18.4. The van der Waals surface area contributed by atoms with E-state index in [0.29, 0.717) is 0 Å². The average molecular weight is 482 g/mol. The molecule has 0 radical (unpaired) electrons. The van der Waals surface area contributed by atoms with Crippen LogP contribution >= 0.6 is 11.6 Å². The van der Waals surface area contributed by atoms with Crippen LogP contribution in [0.4, 0.5) is 11.4 Å². The number of hydrogen-bond donors (Lipinski definition) is 4. The van der Waals surface area contributed by atoms with E-state index < -0.39 is 27.9 Å². The van der Waals surface area contributed by atoms with Gasteiger partial charge in [-0.1, -0.05) is 37.6 Å². The maximum Gasteiger partial charge on any atom is 0.240 e. The molecule has 8 nitrogen and oxygen atoms in total. The Morgan fingerprint density at radius 3 is 2.25 bits per heavy atom. The maximum atomic E-state index is 12.6. The summed E-state index contributed by atoms with van der Waals surface area (Å²) >= 11 is 6.15. The Balaban J connectivity index is 2.01. The van der Waals surface area contributed by atoms with Crippen molar-refractivity contribution in [1.82, 2.24) is 4.72 Å². The van der Waals surface area contributed by atoms with Gasteiger partial charge in [-0.15, -0.1) is 0 Å². The molecule has 0 aliphatic carbocycles. The molecule has 2 unspecified atom stereocenters. The first-order chi connectivity index (χ1) is 14.9. The highest BCUT2D eigenvalue weighted by Crippen LogP contribution is 2.34. The number of amides is 2. The van der Waals surface area contributed by atoms with Gasteiger partial charge in [-0.2, -0.15) is 0 Å². The van der Waals surface area contributed by atoms with Gasteiger partial charge < -0.3 is 15.7 Å². The molecule has 2 aromatic carbocycles. The first kappa shape index (κ1) is 25.6. The fourth-order valence-electron chi connectivity index (χ4n) is 3.13. The largest absolute Gasteiger partial charge is 0.506 e. The van der Waals surface area contributed by atoms with E-state index in [1.165, 1.54) is 19.1 Å². The van der Waals surface area contributed by atoms with E-state index in [0.717, 1.165) is 12.0 Å². The second-order valence-electron chi connectivity index (χ2n) is 7.68. The van der Waals surface area contributed by atoms with Crippen molar-refractivity contribution in [2.45, 2.75) is 51.5 Å². The van der Waals surface area contributed by atoms with Crippen molar-refractivity contribution in [2.75, 3.05) is 10.6 Å². The van der Waals surface area contributed by atoms with Gasteiger partial charge in [0.15, 0.2) is 0 Å². The molecule has 0 spiro atoms. The number of aryl methyl sites for hydroxylation is 1. The highest BCUT2D eigenvalue weighted by atomic mass is 35.5. The molecule has 0 aromatic heterocycles. The summed E-state index contributed by atoms with van der Waals surface area (Å²) in [5, 5.41) is 15.2. The van der Waals surface area contributed by atoms with Crippen molar-refractivity contribution in [2.24, 2.45) is 5.92 Å². The van der Waals surface area contributed by atoms with E-state index in [-0.39, 0.29) is 39.4 Å². The summed E-state index contributed by atoms with van der Waals surface area (Å²) in [6.07, 6.45) is 1.06. The van der Waals surface area contributed by atoms with E-state index in [9.17, 15) is 23.1 Å². The number of phenols is 1. The van der Waals surface area contributed by atoms with Crippen molar-refractivity contribution in [3.63, 3.8) is 0 Å². The number of halogens is 1. The molecule has 32 heavy (non-hydrogen) atoms. The Labute approximate surface area is 193 Å². The standard InChI is InChI=1S/C22H28ClN3O5S/c1-5-16-6-8-17(9-7-16)32(30,31)26-14(3)10-13(2)22(29)25-19-12-21(28)20(11-18(19)23)24-15(4)27/h6-9,11-14,26,28H,5,10H2,1-4H3,(H,24,27)(H,25,29). The zero-order chi connectivity index (χ0) is 24.1. The van der Waals surface area contributed by atoms with Crippen LogP contribution in [0.25, 0.3) is 0 Å². The van der Waals surface area contributed by atoms with Crippen molar-refractivity contribution < 1.29 is 23.1 Å². The van der Waals surface area contributed by atoms with Crippen LogP contribution in [0.3, 0.4) is 0 Å². The van der Waals surface area contributed by atoms with Crippen molar-refractivity contribution in [3.05, 3.63) is 47.0 Å². The lowest BCUT2D eigenvalue weighted by atomic mass is 10.0. The van der Waals surface area contributed by atoms with Gasteiger partial charge in [0.1, 0.15) is 5.75 Å². The molecule has 2 aromatic rings. The lowest BCUT2D eigenvalue weighted by molar-refractivity contribution is -0.119. The quantitative estimate of drug-likeness (QED) is 0.404. The SMILES string of the molecule is CCc1ccc(S(=O)(=O)NC(C)CC(C)C(=O)Nc2cc(O)c(NC(C)=O)cc2Cl)cc1. The van der Waals surface area contributed by atoms with Gasteiger partial charge in [0.2, 0.25) is 21.8 Å². The Kier molecular flexibility index (Phi) is 8.65. The number of aromatic hydroxyl groups is 1. The van der Waals surface area contributed by atoms with Crippen LogP contribution < -0.4 is 15.4 Å². The molecule has 0 saturated heterocycles. The van der Waals surface area contributed by atoms with Gasteiger partial charge in [-0.3, -0.25) is 9.59 Å². The summed E-state index contributed by atoms with van der Waals surface area (Å²) in [6, 6.07) is 8.73. The van der Waals surface area contributed by atoms with Crippen LogP contribution in [-0.2, 0) is 26.0 Å². The monoisotopic (exact) mass is 481 g/mol. The van der Waals surface area contributed by atoms with Crippen molar-refractivity contribution in [3.8, 4) is 5.75 Å². The molecule has 10 heteroatoms. The summed E-state index contributed by atoms with van der Waals surface area (Å²) in [4.78, 5) is 23.9. The minimum absolute atomic E-state index is 0.128. The highest BCUT2D eigenvalue weighted by molar-refractivity contribution is 7.89. The third-order valence-electron chi connectivity index (χ3n) is 4.81. The number of hydrogen-bond acceptors (Lipinski definition) is 5. The lowest BCUT2D eigenvalue weighted by Crippen LogP contribution is -2.35. The fraction of sp³-hybridized carbons (Fsp3) is 0.364. The topological polar surface area (TPSA) is 125 Å². The van der Waals surface area contributed by atoms with Crippen LogP contribution in [0, 0.1) is 5.92 Å². The van der Waals surface area contributed by atoms with E-state index in [2.05, 4.69) is 15.4 Å². The summed E-state index contributed by atoms with van der Waals surface area (Å²) in [5.74, 6) is -1.57. The molecule has 0 aliphatic heterocycles. The van der Waals surface area contributed by atoms with Crippen LogP contribution in [0.15, 0.2) is 41.3 Å². The van der Waals surface area contributed by atoms with Crippen molar-refractivity contribution >= 4 is 44.8 Å². The average Bonchev–Trinajstić information content (AvgIpc) is 2.70. The lowest BCUT2D eigenvalue weighted by Gasteiger charge is -2.19. The molecule has 2 rings (SSSR count). The van der Waals surface area contributed by atoms with E-state index in [4.69, 9.17) is 11.6 Å². The van der Waals surface area contributed by atoms with E-state index in [1.54, 1.807) is 38.1 Å². The highest BCUT2D eigenvalue weighted by Gasteiger charge is 2.22. The van der Waals surface area contributed by atoms with Crippen LogP contribution in [0.1, 0.15) is 39.7 Å². The molecule has 0 fully saturated rings. The molecular formula is C22H28ClN3O5S. The van der Waals surface area contributed by atoms with Crippen LogP contribution in [0.5, 0.6) is 5.75 Å². The van der Waals surface area contributed by atoms with Gasteiger partial charge in [-0.05, 0) is 43.5 Å². The molecule has 174 valence electrons. The summed E-state index contributed by atoms with van der Waals surface area (Å²) in [5.41, 5.74) is 1.35. The number of benzene rings is 2. The zero-order valence-corrected chi connectivity index (χ0v) is 20.0. The van der Waals surface area contributed by atoms with Crippen LogP contribution in [-0.4, -0.2) is 31.4 Å². The Morgan fingerprint density at radius 1 is 1.06 bits per heavy atom. The predicted molar refractivity (Wildman–Crippen MR) is 125 cm³/mol. The van der Waals surface area contributed by atoms with Crippen molar-refractivity contribution in [1.29, 1.82) is 0 Å². The molecule has 4 N–H and O–H groups in total. The first-order valence-electron chi connectivity index (χ1n) is 10.1. The molecule has 0 heterocycles. The number of sulfonamides is 1. The molecular weight excluding hydrogens is 454 g/mol. The number of carbonyl (C=O) groups is 2. The minimum atomic E-state index is -3.71. The van der Waals surface area contributed by atoms with Gasteiger partial charge in [0.25, 0.3) is 0 Å². The Morgan fingerprint density at radius 2 is 1.69 bits per heavy atom. The van der Waals surface area contributed by atoms with Gasteiger partial charge in [-0.25, -0.2) is 13.1 Å². The third kappa shape index (κ3) is 6.94. The minimum Gasteiger partial charge on any atom is -0.506 e. The number of rotatable bonds is 9. The molecule has 0 saturated carbocycles. The van der Waals surface area contributed by atoms with Gasteiger partial charge in [0.05, 0.1) is 21.3 Å². The second-order valence-corrected chi connectivity index (χ2v) is 9.80. The summed E-state index contributed by atoms with van der Waals surface area (Å²) in [6.45, 7) is 6.63. The molecule has 0 bridgehead atoms. The second kappa shape index (κ2) is 10.8. The number of nitrogens with one attached hydrogen (secondary N) is 3. The normalized spacial score (nSPS) is 13.3.